The third kappa shape index (κ3) is 43.4. The largest absolute Gasteiger partial charge is 0.383 e. The average molecular weight is 1130 g/mol. The highest BCUT2D eigenvalue weighted by molar-refractivity contribution is 4.90. The first kappa shape index (κ1) is 72.4. The molecule has 0 bridgehead atoms. The van der Waals surface area contributed by atoms with Gasteiger partial charge in [0, 0.05) is 233 Å². The van der Waals surface area contributed by atoms with Gasteiger partial charge in [-0.3, -0.25) is 0 Å². The van der Waals surface area contributed by atoms with E-state index in [1.54, 1.807) is 14.2 Å². The van der Waals surface area contributed by atoms with Gasteiger partial charge < -0.3 is 116 Å². The Morgan fingerprint density at radius 3 is 0.861 bits per heavy atom. The lowest BCUT2D eigenvalue weighted by Gasteiger charge is -2.34. The second-order valence-electron chi connectivity index (χ2n) is 22.6. The number of methoxy groups -OCH3 is 2. The summed E-state index contributed by atoms with van der Waals surface area (Å²) >= 11 is 0. The van der Waals surface area contributed by atoms with E-state index in [1.807, 2.05) is 0 Å². The van der Waals surface area contributed by atoms with Gasteiger partial charge in [-0.2, -0.15) is 0 Å². The lowest BCUT2D eigenvalue weighted by molar-refractivity contribution is 0.159. The van der Waals surface area contributed by atoms with Crippen molar-refractivity contribution in [2.45, 2.75) is 133 Å². The third-order valence-electron chi connectivity index (χ3n) is 15.4. The number of fused-ring (bicyclic) bond motifs is 2. The van der Waals surface area contributed by atoms with Crippen LogP contribution in [-0.2, 0) is 9.47 Å². The fourth-order valence-electron chi connectivity index (χ4n) is 10.7. The zero-order chi connectivity index (χ0) is 56.0. The van der Waals surface area contributed by atoms with Crippen LogP contribution in [0.2, 0.25) is 0 Å². The topological polar surface area (TPSA) is 259 Å². The summed E-state index contributed by atoms with van der Waals surface area (Å²) in [5.41, 5.74) is 0. The van der Waals surface area contributed by atoms with Crippen LogP contribution in [0.15, 0.2) is 0 Å². The summed E-state index contributed by atoms with van der Waals surface area (Å²) in [6.07, 6.45) is 14.3. The van der Waals surface area contributed by atoms with Crippen molar-refractivity contribution in [3.05, 3.63) is 0 Å². The quantitative estimate of drug-likeness (QED) is 0.130. The Hall–Kier alpha value is -0.880. The first-order valence-corrected chi connectivity index (χ1v) is 32.4. The summed E-state index contributed by atoms with van der Waals surface area (Å²) in [5, 5.41) is 70.8. The summed E-state index contributed by atoms with van der Waals surface area (Å²) in [7, 11) is 3.55. The van der Waals surface area contributed by atoms with Gasteiger partial charge in [0.15, 0.2) is 0 Å². The van der Waals surface area contributed by atoms with Gasteiger partial charge in [-0.25, -0.2) is 0 Å². The molecule has 4 saturated heterocycles. The SMILES string of the molecule is C1CNCCCNCCNCCCNC1.C1CNCCNCCNCCNCCNCCN1.COC[C@H]1CN[C@@H]2CCCC[C@H]2NCCN[C@H](COC)CNCCN1.C[C@H]1CN[C@@H]2CCCC[C@H]2NC[C@H](C)NCCNCCN1. The van der Waals surface area contributed by atoms with Crippen LogP contribution in [0.3, 0.4) is 0 Å². The molecule has 20 N–H and O–H groups in total. The maximum atomic E-state index is 5.39. The second kappa shape index (κ2) is 55.0. The minimum absolute atomic E-state index is 0.354. The molecule has 8 atom stereocenters. The highest BCUT2D eigenvalue weighted by Crippen LogP contribution is 2.19. The smallest absolute Gasteiger partial charge is 0.0628 e. The van der Waals surface area contributed by atoms with Gasteiger partial charge in [0.05, 0.1) is 13.2 Å². The van der Waals surface area contributed by atoms with Crippen molar-refractivity contribution in [2.24, 2.45) is 0 Å². The lowest BCUT2D eigenvalue weighted by Crippen LogP contribution is -2.54. The molecule has 0 unspecified atom stereocenters. The van der Waals surface area contributed by atoms with Crippen molar-refractivity contribution in [1.29, 1.82) is 0 Å². The molecule has 6 fully saturated rings. The monoisotopic (exact) mass is 1130 g/mol. The van der Waals surface area contributed by atoms with Crippen LogP contribution >= 0.6 is 0 Å². The summed E-state index contributed by atoms with van der Waals surface area (Å²) in [4.78, 5) is 0. The van der Waals surface area contributed by atoms with Crippen molar-refractivity contribution < 1.29 is 9.47 Å². The first-order chi connectivity index (χ1) is 39.1. The van der Waals surface area contributed by atoms with Crippen LogP contribution in [0.4, 0.5) is 0 Å². The van der Waals surface area contributed by atoms with E-state index in [0.29, 0.717) is 48.3 Å². The Morgan fingerprint density at radius 1 is 0.241 bits per heavy atom. The molecule has 22 heteroatoms. The lowest BCUT2D eigenvalue weighted by atomic mass is 9.90. The molecule has 0 aromatic rings. The molecule has 4 heterocycles. The first-order valence-electron chi connectivity index (χ1n) is 32.4. The average Bonchev–Trinajstić information content (AvgIpc) is 3.48. The molecular formula is C57H130N20O2. The van der Waals surface area contributed by atoms with Gasteiger partial charge in [0.2, 0.25) is 0 Å². The number of rotatable bonds is 4. The van der Waals surface area contributed by atoms with Crippen LogP contribution in [0.1, 0.15) is 84.5 Å². The van der Waals surface area contributed by atoms with Gasteiger partial charge in [0.25, 0.3) is 0 Å². The Morgan fingerprint density at radius 2 is 0.494 bits per heavy atom. The van der Waals surface area contributed by atoms with Crippen LogP contribution in [0, 0.1) is 0 Å². The van der Waals surface area contributed by atoms with Crippen LogP contribution in [-0.4, -0.2) is 285 Å². The fraction of sp³-hybridized carbons (Fsp3) is 1.00. The summed E-state index contributed by atoms with van der Waals surface area (Å²) in [6.45, 7) is 39.6. The maximum absolute atomic E-state index is 5.39. The van der Waals surface area contributed by atoms with Gasteiger partial charge in [-0.05, 0) is 98.1 Å². The summed E-state index contributed by atoms with van der Waals surface area (Å²) in [6, 6.07) is 4.19. The molecule has 2 saturated carbocycles. The van der Waals surface area contributed by atoms with E-state index in [1.165, 1.54) is 70.6 Å². The molecule has 2 aliphatic carbocycles. The third-order valence-corrected chi connectivity index (χ3v) is 15.4. The van der Waals surface area contributed by atoms with E-state index in [4.69, 9.17) is 9.47 Å². The molecule has 0 amide bonds. The van der Waals surface area contributed by atoms with E-state index in [0.717, 1.165) is 223 Å². The normalized spacial score (nSPS) is 30.8. The Labute approximate surface area is 483 Å². The van der Waals surface area contributed by atoms with Gasteiger partial charge in [0.1, 0.15) is 0 Å². The highest BCUT2D eigenvalue weighted by Gasteiger charge is 2.26. The molecule has 0 radical (unpaired) electrons. The Balaban J connectivity index is 0.000000282. The van der Waals surface area contributed by atoms with E-state index < -0.39 is 0 Å². The predicted octanol–water partition coefficient (Wildman–Crippen LogP) is -3.61. The molecule has 0 aromatic heterocycles. The Bertz CT molecular complexity index is 1100. The van der Waals surface area contributed by atoms with Crippen LogP contribution in [0.25, 0.3) is 0 Å². The number of nitrogens with one attached hydrogen (secondary N) is 20. The van der Waals surface area contributed by atoms with E-state index in [2.05, 4.69) is 120 Å². The standard InChI is InChI=1S/C18H39N5O2.C16H35N5.C12H30N6.C11H26N4/c1-24-13-15-11-19-7-8-20-16(14-25-2)12-23-18-6-4-3-5-17(18)22-10-9-21-15;1-13-11-20-15-5-3-4-6-16(15)21-12-14(2)19-10-8-17-7-9-18-13;1-2-14-5-6-16-9-10-18-12-11-17-8-7-15-4-3-13-1;1-4-12-6-2-8-14-10-11-15-9-3-7-13-5-1/h15-23H,3-14H2,1-2H3;13-21H,3-12H2,1-2H3;13-18H,1-12H2;12-15H,1-11H2/t15-,16+,17+,18+;13-,14-,15+,16+;;/m00../s1. The van der Waals surface area contributed by atoms with Crippen molar-refractivity contribution in [3.63, 3.8) is 0 Å². The summed E-state index contributed by atoms with van der Waals surface area (Å²) < 4.78 is 10.7. The zero-order valence-electron chi connectivity index (χ0n) is 51.3. The highest BCUT2D eigenvalue weighted by atomic mass is 16.5. The minimum Gasteiger partial charge on any atom is -0.383 e. The van der Waals surface area contributed by atoms with E-state index >= 15 is 0 Å². The second-order valence-corrected chi connectivity index (χ2v) is 22.6. The maximum Gasteiger partial charge on any atom is 0.0628 e. The zero-order valence-corrected chi connectivity index (χ0v) is 51.3. The van der Waals surface area contributed by atoms with Crippen LogP contribution in [0.5, 0.6) is 0 Å². The predicted molar refractivity (Wildman–Crippen MR) is 335 cm³/mol. The molecule has 4 aliphatic heterocycles. The number of hydrogen-bond acceptors (Lipinski definition) is 22. The molecule has 0 spiro atoms. The van der Waals surface area contributed by atoms with E-state index in [-0.39, 0.29) is 0 Å². The molecule has 22 nitrogen and oxygen atoms in total. The van der Waals surface area contributed by atoms with Crippen molar-refractivity contribution in [2.75, 3.05) is 237 Å². The number of ether oxygens (including phenoxy) is 2. The van der Waals surface area contributed by atoms with E-state index in [9.17, 15) is 0 Å². The van der Waals surface area contributed by atoms with Gasteiger partial charge >= 0.3 is 0 Å². The number of hydrogen-bond donors (Lipinski definition) is 20. The van der Waals surface area contributed by atoms with Gasteiger partial charge in [-0.15, -0.1) is 0 Å². The molecule has 0 aromatic carbocycles. The van der Waals surface area contributed by atoms with Crippen LogP contribution < -0.4 is 106 Å². The van der Waals surface area contributed by atoms with Crippen molar-refractivity contribution >= 4 is 0 Å². The van der Waals surface area contributed by atoms with Gasteiger partial charge in [-0.1, -0.05) is 25.7 Å². The minimum atomic E-state index is 0.354. The van der Waals surface area contributed by atoms with Crippen molar-refractivity contribution in [1.82, 2.24) is 106 Å². The molecule has 79 heavy (non-hydrogen) atoms. The molecule has 470 valence electrons. The molecule has 6 rings (SSSR count). The summed E-state index contributed by atoms with van der Waals surface area (Å²) in [5.74, 6) is 0. The Kier molecular flexibility index (Phi) is 50.4. The molecule has 6 aliphatic rings. The molecular weight excluding hydrogens is 997 g/mol. The van der Waals surface area contributed by atoms with Crippen molar-refractivity contribution in [3.8, 4) is 0 Å². The fourth-order valence-corrected chi connectivity index (χ4v) is 10.7.